The third-order valence-electron chi connectivity index (χ3n) is 3.31. The van der Waals surface area contributed by atoms with Crippen molar-refractivity contribution in [3.8, 4) is 0 Å². The molecular weight excluding hydrogens is 260 g/mol. The molecule has 3 rings (SSSR count). The molecule has 0 spiro atoms. The molecule has 3 aromatic rings. The lowest BCUT2D eigenvalue weighted by molar-refractivity contribution is 0.102. The Morgan fingerprint density at radius 3 is 2.71 bits per heavy atom. The van der Waals surface area contributed by atoms with E-state index in [-0.39, 0.29) is 5.91 Å². The molecule has 3 nitrogen and oxygen atoms in total. The van der Waals surface area contributed by atoms with E-state index in [9.17, 15) is 4.79 Å². The molecule has 0 radical (unpaired) electrons. The van der Waals surface area contributed by atoms with Gasteiger partial charge in [-0.1, -0.05) is 49.1 Å². The molecule has 0 atom stereocenters. The molecule has 21 heavy (non-hydrogen) atoms. The van der Waals surface area contributed by atoms with E-state index in [1.54, 1.807) is 18.3 Å². The van der Waals surface area contributed by atoms with E-state index in [0.29, 0.717) is 11.3 Å². The van der Waals surface area contributed by atoms with Gasteiger partial charge < -0.3 is 5.32 Å². The van der Waals surface area contributed by atoms with Crippen molar-refractivity contribution in [2.75, 3.05) is 5.32 Å². The lowest BCUT2D eigenvalue weighted by Crippen LogP contribution is -2.13. The number of anilines is 1. The van der Waals surface area contributed by atoms with E-state index < -0.39 is 0 Å². The van der Waals surface area contributed by atoms with Crippen molar-refractivity contribution in [1.82, 2.24) is 4.98 Å². The number of aromatic nitrogens is 1. The quantitative estimate of drug-likeness (QED) is 0.780. The van der Waals surface area contributed by atoms with Crippen LogP contribution in [-0.2, 0) is 0 Å². The van der Waals surface area contributed by atoms with Gasteiger partial charge >= 0.3 is 0 Å². The van der Waals surface area contributed by atoms with Gasteiger partial charge in [-0.2, -0.15) is 0 Å². The second-order valence-electron chi connectivity index (χ2n) is 4.63. The van der Waals surface area contributed by atoms with Crippen LogP contribution in [0.5, 0.6) is 0 Å². The molecule has 102 valence electrons. The molecule has 1 N–H and O–H groups in total. The molecule has 0 saturated heterocycles. The van der Waals surface area contributed by atoms with E-state index in [4.69, 9.17) is 0 Å². The predicted octanol–water partition coefficient (Wildman–Crippen LogP) is 4.13. The van der Waals surface area contributed by atoms with Gasteiger partial charge in [0.1, 0.15) is 0 Å². The Kier molecular flexibility index (Phi) is 3.48. The SMILES string of the molecule is C=Cc1ccccc1C(=O)Nc1cccc2cccnc12. The minimum Gasteiger partial charge on any atom is -0.320 e. The summed E-state index contributed by atoms with van der Waals surface area (Å²) in [6.45, 7) is 3.74. The van der Waals surface area contributed by atoms with Gasteiger partial charge in [-0.15, -0.1) is 0 Å². The van der Waals surface area contributed by atoms with E-state index >= 15 is 0 Å². The summed E-state index contributed by atoms with van der Waals surface area (Å²) in [4.78, 5) is 16.8. The van der Waals surface area contributed by atoms with Crippen LogP contribution in [0.25, 0.3) is 17.0 Å². The number of fused-ring (bicyclic) bond motifs is 1. The first-order valence-electron chi connectivity index (χ1n) is 6.66. The monoisotopic (exact) mass is 274 g/mol. The van der Waals surface area contributed by atoms with Gasteiger partial charge in [0.15, 0.2) is 0 Å². The topological polar surface area (TPSA) is 42.0 Å². The Morgan fingerprint density at radius 1 is 1.05 bits per heavy atom. The summed E-state index contributed by atoms with van der Waals surface area (Å²) in [6, 6.07) is 16.9. The van der Waals surface area contributed by atoms with E-state index in [1.807, 2.05) is 48.5 Å². The molecule has 1 amide bonds. The van der Waals surface area contributed by atoms with Crippen LogP contribution >= 0.6 is 0 Å². The number of hydrogen-bond acceptors (Lipinski definition) is 2. The van der Waals surface area contributed by atoms with Crippen LogP contribution in [0.2, 0.25) is 0 Å². The number of carbonyl (C=O) groups excluding carboxylic acids is 1. The van der Waals surface area contributed by atoms with Crippen molar-refractivity contribution in [3.63, 3.8) is 0 Å². The molecule has 2 aromatic carbocycles. The fraction of sp³-hybridized carbons (Fsp3) is 0. The van der Waals surface area contributed by atoms with E-state index in [2.05, 4.69) is 16.9 Å². The maximum Gasteiger partial charge on any atom is 0.256 e. The highest BCUT2D eigenvalue weighted by Gasteiger charge is 2.11. The smallest absolute Gasteiger partial charge is 0.256 e. The number of para-hydroxylation sites is 1. The largest absolute Gasteiger partial charge is 0.320 e. The van der Waals surface area contributed by atoms with Crippen molar-refractivity contribution in [3.05, 3.63) is 78.5 Å². The highest BCUT2D eigenvalue weighted by molar-refractivity contribution is 6.09. The molecule has 0 bridgehead atoms. The zero-order chi connectivity index (χ0) is 14.7. The van der Waals surface area contributed by atoms with Gasteiger partial charge in [0.05, 0.1) is 11.2 Å². The summed E-state index contributed by atoms with van der Waals surface area (Å²) in [7, 11) is 0. The normalized spacial score (nSPS) is 10.3. The minimum absolute atomic E-state index is 0.163. The zero-order valence-corrected chi connectivity index (χ0v) is 11.4. The molecule has 0 aliphatic carbocycles. The minimum atomic E-state index is -0.163. The van der Waals surface area contributed by atoms with Crippen molar-refractivity contribution in [2.24, 2.45) is 0 Å². The Hall–Kier alpha value is -2.94. The predicted molar refractivity (Wildman–Crippen MR) is 86.2 cm³/mol. The Bertz CT molecular complexity index is 819. The summed E-state index contributed by atoms with van der Waals surface area (Å²) in [6.07, 6.45) is 3.39. The Balaban J connectivity index is 1.99. The van der Waals surface area contributed by atoms with Gasteiger partial charge in [-0.25, -0.2) is 0 Å². The van der Waals surface area contributed by atoms with Crippen molar-refractivity contribution in [1.29, 1.82) is 0 Å². The molecule has 0 fully saturated rings. The average molecular weight is 274 g/mol. The van der Waals surface area contributed by atoms with Gasteiger partial charge in [-0.3, -0.25) is 9.78 Å². The molecule has 0 aliphatic heterocycles. The average Bonchev–Trinajstić information content (AvgIpc) is 2.55. The first-order valence-corrected chi connectivity index (χ1v) is 6.66. The Labute approximate surface area is 123 Å². The van der Waals surface area contributed by atoms with Gasteiger partial charge in [0, 0.05) is 17.1 Å². The Morgan fingerprint density at radius 2 is 1.86 bits per heavy atom. The molecule has 0 aliphatic rings. The van der Waals surface area contributed by atoms with E-state index in [0.717, 1.165) is 16.5 Å². The van der Waals surface area contributed by atoms with Crippen molar-refractivity contribution < 1.29 is 4.79 Å². The van der Waals surface area contributed by atoms with E-state index in [1.165, 1.54) is 0 Å². The number of nitrogens with one attached hydrogen (secondary N) is 1. The number of rotatable bonds is 3. The number of amides is 1. The first-order chi connectivity index (χ1) is 10.3. The summed E-state index contributed by atoms with van der Waals surface area (Å²) >= 11 is 0. The summed E-state index contributed by atoms with van der Waals surface area (Å²) in [5.74, 6) is -0.163. The van der Waals surface area contributed by atoms with Crippen LogP contribution in [0.4, 0.5) is 5.69 Å². The van der Waals surface area contributed by atoms with Gasteiger partial charge in [-0.05, 0) is 23.8 Å². The van der Waals surface area contributed by atoms with Crippen LogP contribution in [0.3, 0.4) is 0 Å². The summed E-state index contributed by atoms with van der Waals surface area (Å²) in [5, 5.41) is 3.92. The van der Waals surface area contributed by atoms with Crippen LogP contribution in [-0.4, -0.2) is 10.9 Å². The number of benzene rings is 2. The van der Waals surface area contributed by atoms with Crippen LogP contribution in [0.1, 0.15) is 15.9 Å². The van der Waals surface area contributed by atoms with Crippen molar-refractivity contribution >= 4 is 28.6 Å². The molecule has 0 saturated carbocycles. The van der Waals surface area contributed by atoms with Crippen LogP contribution in [0.15, 0.2) is 67.4 Å². The number of hydrogen-bond donors (Lipinski definition) is 1. The third-order valence-corrected chi connectivity index (χ3v) is 3.31. The molecule has 3 heteroatoms. The van der Waals surface area contributed by atoms with Crippen LogP contribution < -0.4 is 5.32 Å². The maximum absolute atomic E-state index is 12.5. The molecule has 1 heterocycles. The third kappa shape index (κ3) is 2.54. The summed E-state index contributed by atoms with van der Waals surface area (Å²) in [5.41, 5.74) is 2.89. The second-order valence-corrected chi connectivity index (χ2v) is 4.63. The van der Waals surface area contributed by atoms with Crippen molar-refractivity contribution in [2.45, 2.75) is 0 Å². The lowest BCUT2D eigenvalue weighted by Gasteiger charge is -2.09. The molecule has 0 unspecified atom stereocenters. The highest BCUT2D eigenvalue weighted by atomic mass is 16.1. The summed E-state index contributed by atoms with van der Waals surface area (Å²) < 4.78 is 0. The molecule has 1 aromatic heterocycles. The lowest BCUT2D eigenvalue weighted by atomic mass is 10.1. The van der Waals surface area contributed by atoms with Gasteiger partial charge in [0.25, 0.3) is 5.91 Å². The number of carbonyl (C=O) groups is 1. The maximum atomic E-state index is 12.5. The van der Waals surface area contributed by atoms with Crippen LogP contribution in [0, 0.1) is 0 Å². The highest BCUT2D eigenvalue weighted by Crippen LogP contribution is 2.22. The standard InChI is InChI=1S/C18H14N2O/c1-2-13-7-3-4-10-15(13)18(21)20-16-11-5-8-14-9-6-12-19-17(14)16/h2-12H,1H2,(H,20,21). The second kappa shape index (κ2) is 5.59. The van der Waals surface area contributed by atoms with Gasteiger partial charge in [0.2, 0.25) is 0 Å². The number of pyridine rings is 1. The fourth-order valence-electron chi connectivity index (χ4n) is 2.28. The molecular formula is C18H14N2O. The zero-order valence-electron chi connectivity index (χ0n) is 11.4. The first kappa shape index (κ1) is 13.1. The number of nitrogens with zero attached hydrogens (tertiary/aromatic N) is 1. The fourth-order valence-corrected chi connectivity index (χ4v) is 2.28.